The number of aromatic amines is 1. The highest BCUT2D eigenvalue weighted by atomic mass is 32.2. The summed E-state index contributed by atoms with van der Waals surface area (Å²) < 4.78 is 39.5. The number of nitrogens with zero attached hydrogens (tertiary/aromatic N) is 1. The fourth-order valence-corrected chi connectivity index (χ4v) is 5.55. The molecule has 36 heavy (non-hydrogen) atoms. The third-order valence-electron chi connectivity index (χ3n) is 6.12. The molecular weight excluding hydrogens is 480 g/mol. The quantitative estimate of drug-likeness (QED) is 0.379. The number of pyridine rings is 1. The maximum atomic E-state index is 13.7. The van der Waals surface area contributed by atoms with Gasteiger partial charge in [-0.15, -0.1) is 0 Å². The fourth-order valence-electron chi connectivity index (χ4n) is 4.15. The van der Waals surface area contributed by atoms with E-state index in [2.05, 4.69) is 4.98 Å². The second-order valence-corrected chi connectivity index (χ2v) is 10.7. The van der Waals surface area contributed by atoms with Gasteiger partial charge in [0.15, 0.2) is 17.3 Å². The van der Waals surface area contributed by atoms with Gasteiger partial charge in [0.1, 0.15) is 0 Å². The maximum absolute atomic E-state index is 13.7. The molecule has 1 aliphatic rings. The molecule has 184 valence electrons. The number of hydrogen-bond acceptors (Lipinski definition) is 6. The lowest BCUT2D eigenvalue weighted by molar-refractivity contribution is 0.101. The van der Waals surface area contributed by atoms with Crippen molar-refractivity contribution >= 4 is 26.7 Å². The van der Waals surface area contributed by atoms with E-state index >= 15 is 0 Å². The van der Waals surface area contributed by atoms with Gasteiger partial charge in [0.2, 0.25) is 16.8 Å². The van der Waals surface area contributed by atoms with Crippen LogP contribution in [0, 0.1) is 6.92 Å². The largest absolute Gasteiger partial charge is 0.454 e. The second kappa shape index (κ2) is 9.25. The SMILES string of the molecule is CC(=O)c1ccc(S(=O)(=O)N(Cc2ccc3c(c2)OCO3)Cc2cc3ccc(C)cc3[nH]c2=O)cc1. The van der Waals surface area contributed by atoms with Gasteiger partial charge in [-0.05, 0) is 66.8 Å². The van der Waals surface area contributed by atoms with E-state index in [9.17, 15) is 18.0 Å². The second-order valence-electron chi connectivity index (χ2n) is 8.76. The Morgan fingerprint density at radius 2 is 1.69 bits per heavy atom. The van der Waals surface area contributed by atoms with Gasteiger partial charge in [-0.3, -0.25) is 9.59 Å². The Balaban J connectivity index is 1.55. The fraction of sp³-hybridized carbons (Fsp3) is 0.185. The Kier molecular flexibility index (Phi) is 6.11. The van der Waals surface area contributed by atoms with E-state index < -0.39 is 10.0 Å². The molecule has 0 spiro atoms. The van der Waals surface area contributed by atoms with E-state index in [4.69, 9.17) is 9.47 Å². The Hall–Kier alpha value is -3.95. The van der Waals surface area contributed by atoms with Gasteiger partial charge < -0.3 is 14.5 Å². The number of nitrogens with one attached hydrogen (secondary N) is 1. The van der Waals surface area contributed by atoms with Gasteiger partial charge in [0, 0.05) is 29.7 Å². The number of ketones is 1. The van der Waals surface area contributed by atoms with Crippen molar-refractivity contribution in [2.45, 2.75) is 31.8 Å². The predicted octanol–water partition coefficient (Wildman–Crippen LogP) is 4.16. The molecule has 1 aliphatic heterocycles. The van der Waals surface area contributed by atoms with Crippen LogP contribution in [0.2, 0.25) is 0 Å². The van der Waals surface area contributed by atoms with E-state index in [1.165, 1.54) is 35.5 Å². The van der Waals surface area contributed by atoms with Gasteiger partial charge in [0.25, 0.3) is 5.56 Å². The first kappa shape index (κ1) is 23.8. The molecule has 9 heteroatoms. The van der Waals surface area contributed by atoms with Crippen LogP contribution in [0.5, 0.6) is 11.5 Å². The van der Waals surface area contributed by atoms with Crippen LogP contribution in [0.3, 0.4) is 0 Å². The zero-order valence-electron chi connectivity index (χ0n) is 19.8. The van der Waals surface area contributed by atoms with E-state index in [0.717, 1.165) is 10.9 Å². The highest BCUT2D eigenvalue weighted by molar-refractivity contribution is 7.89. The number of ether oxygens (including phenoxy) is 2. The van der Waals surface area contributed by atoms with Gasteiger partial charge in [-0.1, -0.05) is 30.3 Å². The number of aromatic nitrogens is 1. The summed E-state index contributed by atoms with van der Waals surface area (Å²) in [6.45, 7) is 3.31. The number of Topliss-reactive ketones (excluding diaryl/α,β-unsaturated/α-hetero) is 1. The first-order chi connectivity index (χ1) is 17.2. The van der Waals surface area contributed by atoms with Crippen molar-refractivity contribution in [1.29, 1.82) is 0 Å². The van der Waals surface area contributed by atoms with Crippen molar-refractivity contribution in [3.8, 4) is 11.5 Å². The lowest BCUT2D eigenvalue weighted by atomic mass is 10.1. The van der Waals surface area contributed by atoms with Crippen LogP contribution in [0.1, 0.15) is 34.0 Å². The molecule has 0 unspecified atom stereocenters. The normalized spacial score (nSPS) is 12.9. The van der Waals surface area contributed by atoms with E-state index in [1.54, 1.807) is 24.3 Å². The zero-order valence-corrected chi connectivity index (χ0v) is 20.6. The molecule has 0 aliphatic carbocycles. The summed E-state index contributed by atoms with van der Waals surface area (Å²) in [5, 5.41) is 0.807. The van der Waals surface area contributed by atoms with Crippen molar-refractivity contribution in [3.63, 3.8) is 0 Å². The average Bonchev–Trinajstić information content (AvgIpc) is 3.32. The Morgan fingerprint density at radius 1 is 0.944 bits per heavy atom. The number of carbonyl (C=O) groups is 1. The number of fused-ring (bicyclic) bond motifs is 2. The number of H-pyrrole nitrogens is 1. The van der Waals surface area contributed by atoms with Gasteiger partial charge in [-0.2, -0.15) is 4.31 Å². The van der Waals surface area contributed by atoms with E-state index in [0.29, 0.717) is 33.7 Å². The molecule has 0 bridgehead atoms. The number of carbonyl (C=O) groups excluding carboxylic acids is 1. The number of aryl methyl sites for hydroxylation is 1. The van der Waals surface area contributed by atoms with Gasteiger partial charge >= 0.3 is 0 Å². The highest BCUT2D eigenvalue weighted by Gasteiger charge is 2.27. The lowest BCUT2D eigenvalue weighted by Crippen LogP contribution is -2.32. The molecule has 0 saturated carbocycles. The molecule has 0 fully saturated rings. The molecule has 0 amide bonds. The molecule has 1 N–H and O–H groups in total. The van der Waals surface area contributed by atoms with Crippen LogP contribution in [0.25, 0.3) is 10.9 Å². The van der Waals surface area contributed by atoms with Crippen molar-refractivity contribution in [3.05, 3.63) is 99.3 Å². The van der Waals surface area contributed by atoms with Crippen LogP contribution >= 0.6 is 0 Å². The molecule has 8 nitrogen and oxygen atoms in total. The molecule has 0 radical (unpaired) electrons. The van der Waals surface area contributed by atoms with Gasteiger partial charge in [-0.25, -0.2) is 8.42 Å². The zero-order chi connectivity index (χ0) is 25.4. The summed E-state index contributed by atoms with van der Waals surface area (Å²) in [5.41, 5.74) is 2.75. The minimum absolute atomic E-state index is 0.00118. The smallest absolute Gasteiger partial charge is 0.252 e. The third kappa shape index (κ3) is 4.62. The molecule has 2 heterocycles. The van der Waals surface area contributed by atoms with Crippen LogP contribution in [-0.2, 0) is 23.1 Å². The molecular formula is C27H24N2O6S. The number of benzene rings is 3. The van der Waals surface area contributed by atoms with Gasteiger partial charge in [0.05, 0.1) is 4.90 Å². The lowest BCUT2D eigenvalue weighted by Gasteiger charge is -2.23. The Bertz CT molecular complexity index is 1640. The first-order valence-electron chi connectivity index (χ1n) is 11.3. The summed E-state index contributed by atoms with van der Waals surface area (Å²) in [7, 11) is -4.03. The van der Waals surface area contributed by atoms with Crippen LogP contribution in [0.15, 0.2) is 76.4 Å². The summed E-state index contributed by atoms with van der Waals surface area (Å²) >= 11 is 0. The van der Waals surface area contributed by atoms with Crippen molar-refractivity contribution < 1.29 is 22.7 Å². The predicted molar refractivity (Wildman–Crippen MR) is 135 cm³/mol. The molecule has 5 rings (SSSR count). The first-order valence-corrected chi connectivity index (χ1v) is 12.8. The standard InChI is InChI=1S/C27H24N2O6S/c1-17-3-5-21-13-22(27(31)28-24(21)11-17)15-29(14-19-4-10-25-26(12-19)35-16-34-25)36(32,33)23-8-6-20(7-9-23)18(2)30/h3-13H,14-16H2,1-2H3,(H,28,31). The molecule has 4 aromatic rings. The van der Waals surface area contributed by atoms with Crippen LogP contribution in [-0.4, -0.2) is 30.3 Å². The minimum atomic E-state index is -4.03. The van der Waals surface area contributed by atoms with Crippen molar-refractivity contribution in [2.24, 2.45) is 0 Å². The van der Waals surface area contributed by atoms with E-state index in [-0.39, 0.29) is 36.1 Å². The monoisotopic (exact) mass is 504 g/mol. The summed E-state index contributed by atoms with van der Waals surface area (Å²) in [4.78, 5) is 27.5. The summed E-state index contributed by atoms with van der Waals surface area (Å²) in [5.74, 6) is 0.970. The van der Waals surface area contributed by atoms with Crippen molar-refractivity contribution in [2.75, 3.05) is 6.79 Å². The Morgan fingerprint density at radius 3 is 2.44 bits per heavy atom. The third-order valence-corrected chi connectivity index (χ3v) is 7.93. The maximum Gasteiger partial charge on any atom is 0.252 e. The van der Waals surface area contributed by atoms with Crippen LogP contribution < -0.4 is 15.0 Å². The molecule has 0 saturated heterocycles. The van der Waals surface area contributed by atoms with Crippen molar-refractivity contribution in [1.82, 2.24) is 9.29 Å². The number of rotatable bonds is 7. The highest BCUT2D eigenvalue weighted by Crippen LogP contribution is 2.33. The molecule has 3 aromatic carbocycles. The topological polar surface area (TPSA) is 106 Å². The number of hydrogen-bond donors (Lipinski definition) is 1. The summed E-state index contributed by atoms with van der Waals surface area (Å²) in [6.07, 6.45) is 0. The minimum Gasteiger partial charge on any atom is -0.454 e. The van der Waals surface area contributed by atoms with E-state index in [1.807, 2.05) is 25.1 Å². The molecule has 1 aromatic heterocycles. The molecule has 0 atom stereocenters. The average molecular weight is 505 g/mol. The number of sulfonamides is 1. The van der Waals surface area contributed by atoms with Crippen LogP contribution in [0.4, 0.5) is 0 Å². The summed E-state index contributed by atoms with van der Waals surface area (Å²) in [6, 6.07) is 18.4. The Labute approximate surface area is 208 Å².